The fraction of sp³-hybridized carbons (Fsp3) is 0.278. The molecular weight excluding hydrogens is 313 g/mol. The van der Waals surface area contributed by atoms with E-state index in [0.717, 1.165) is 34.6 Å². The van der Waals surface area contributed by atoms with Crippen molar-refractivity contribution in [3.05, 3.63) is 48.3 Å². The van der Waals surface area contributed by atoms with Gasteiger partial charge in [0.1, 0.15) is 5.82 Å². The standard InChI is InChI=1S/C18H18FNO2S/c19-13-3-6-16(23-11-18(7-8-18)10-17(21)22)15(9-13)12-1-4-14(20)5-2-12/h1-6,9H,7-8,10-11,20H2,(H,21,22). The molecular formula is C18H18FNO2S. The minimum atomic E-state index is -0.749. The summed E-state index contributed by atoms with van der Waals surface area (Å²) in [5.74, 6) is -0.291. The highest BCUT2D eigenvalue weighted by Gasteiger charge is 2.44. The third kappa shape index (κ3) is 3.85. The summed E-state index contributed by atoms with van der Waals surface area (Å²) < 4.78 is 13.7. The van der Waals surface area contributed by atoms with Crippen molar-refractivity contribution < 1.29 is 14.3 Å². The Balaban J connectivity index is 1.82. The first-order valence-corrected chi connectivity index (χ1v) is 8.46. The first kappa shape index (κ1) is 15.9. The van der Waals surface area contributed by atoms with Crippen LogP contribution in [0.25, 0.3) is 11.1 Å². The van der Waals surface area contributed by atoms with Gasteiger partial charge in [0.25, 0.3) is 0 Å². The van der Waals surface area contributed by atoms with Crippen molar-refractivity contribution >= 4 is 23.4 Å². The van der Waals surface area contributed by atoms with Gasteiger partial charge >= 0.3 is 5.97 Å². The number of carboxylic acids is 1. The van der Waals surface area contributed by atoms with E-state index >= 15 is 0 Å². The summed E-state index contributed by atoms with van der Waals surface area (Å²) >= 11 is 1.60. The molecule has 0 heterocycles. The molecule has 3 N–H and O–H groups in total. The fourth-order valence-electron chi connectivity index (χ4n) is 2.62. The quantitative estimate of drug-likeness (QED) is 0.607. The van der Waals surface area contributed by atoms with E-state index in [2.05, 4.69) is 0 Å². The molecule has 0 spiro atoms. The third-order valence-electron chi connectivity index (χ3n) is 4.18. The van der Waals surface area contributed by atoms with Crippen LogP contribution in [0, 0.1) is 11.2 Å². The maximum atomic E-state index is 13.7. The largest absolute Gasteiger partial charge is 0.481 e. The topological polar surface area (TPSA) is 63.3 Å². The molecule has 2 aromatic rings. The summed E-state index contributed by atoms with van der Waals surface area (Å²) in [6.07, 6.45) is 2.10. The molecule has 2 aromatic carbocycles. The predicted molar refractivity (Wildman–Crippen MR) is 90.9 cm³/mol. The molecule has 3 rings (SSSR count). The normalized spacial score (nSPS) is 15.3. The minimum absolute atomic E-state index is 0.0940. The van der Waals surface area contributed by atoms with Crippen molar-refractivity contribution in [2.45, 2.75) is 24.2 Å². The molecule has 1 saturated carbocycles. The number of benzene rings is 2. The van der Waals surface area contributed by atoms with Gasteiger partial charge in [0.05, 0.1) is 6.42 Å². The number of halogens is 1. The van der Waals surface area contributed by atoms with Gasteiger partial charge in [-0.05, 0) is 59.7 Å². The van der Waals surface area contributed by atoms with Crippen molar-refractivity contribution in [1.29, 1.82) is 0 Å². The molecule has 0 aromatic heterocycles. The molecule has 3 nitrogen and oxygen atoms in total. The van der Waals surface area contributed by atoms with E-state index in [9.17, 15) is 9.18 Å². The lowest BCUT2D eigenvalue weighted by atomic mass is 10.1. The molecule has 1 aliphatic carbocycles. The van der Waals surface area contributed by atoms with E-state index in [1.165, 1.54) is 12.1 Å². The number of nitrogen functional groups attached to an aromatic ring is 1. The van der Waals surface area contributed by atoms with Gasteiger partial charge in [-0.2, -0.15) is 0 Å². The van der Waals surface area contributed by atoms with E-state index in [1.54, 1.807) is 30.0 Å². The number of carboxylic acid groups (broad SMARTS) is 1. The van der Waals surface area contributed by atoms with Gasteiger partial charge in [0, 0.05) is 16.3 Å². The van der Waals surface area contributed by atoms with Crippen LogP contribution >= 0.6 is 11.8 Å². The Kier molecular flexibility index (Phi) is 4.31. The molecule has 0 amide bonds. The number of hydrogen-bond donors (Lipinski definition) is 2. The smallest absolute Gasteiger partial charge is 0.303 e. The lowest BCUT2D eigenvalue weighted by Gasteiger charge is -2.14. The lowest BCUT2D eigenvalue weighted by molar-refractivity contribution is -0.138. The van der Waals surface area contributed by atoms with Gasteiger partial charge in [0.2, 0.25) is 0 Å². The van der Waals surface area contributed by atoms with Crippen LogP contribution in [-0.2, 0) is 4.79 Å². The fourth-order valence-corrected chi connectivity index (χ4v) is 3.97. The maximum Gasteiger partial charge on any atom is 0.303 e. The Hall–Kier alpha value is -2.01. The van der Waals surface area contributed by atoms with E-state index in [-0.39, 0.29) is 17.7 Å². The Morgan fingerprint density at radius 1 is 1.22 bits per heavy atom. The monoisotopic (exact) mass is 331 g/mol. The highest BCUT2D eigenvalue weighted by atomic mass is 32.2. The summed E-state index contributed by atoms with van der Waals surface area (Å²) in [7, 11) is 0. The second-order valence-electron chi connectivity index (χ2n) is 6.12. The second kappa shape index (κ2) is 6.24. The van der Waals surface area contributed by atoms with Crippen molar-refractivity contribution in [3.8, 4) is 11.1 Å². The zero-order chi connectivity index (χ0) is 16.4. The molecule has 0 radical (unpaired) electrons. The average molecular weight is 331 g/mol. The van der Waals surface area contributed by atoms with Gasteiger partial charge < -0.3 is 10.8 Å². The van der Waals surface area contributed by atoms with Crippen LogP contribution in [0.4, 0.5) is 10.1 Å². The van der Waals surface area contributed by atoms with Gasteiger partial charge in [-0.3, -0.25) is 4.79 Å². The lowest BCUT2D eigenvalue weighted by Crippen LogP contribution is -2.11. The van der Waals surface area contributed by atoms with E-state index in [4.69, 9.17) is 10.8 Å². The number of nitrogens with two attached hydrogens (primary N) is 1. The molecule has 0 aliphatic heterocycles. The van der Waals surface area contributed by atoms with E-state index in [1.807, 2.05) is 12.1 Å². The molecule has 0 unspecified atom stereocenters. The molecule has 1 fully saturated rings. The SMILES string of the molecule is Nc1ccc(-c2cc(F)ccc2SCC2(CC(=O)O)CC2)cc1. The first-order valence-electron chi connectivity index (χ1n) is 7.48. The van der Waals surface area contributed by atoms with Crippen LogP contribution in [0.1, 0.15) is 19.3 Å². The minimum Gasteiger partial charge on any atom is -0.481 e. The molecule has 23 heavy (non-hydrogen) atoms. The van der Waals surface area contributed by atoms with Crippen molar-refractivity contribution in [3.63, 3.8) is 0 Å². The van der Waals surface area contributed by atoms with E-state index < -0.39 is 5.97 Å². The van der Waals surface area contributed by atoms with Crippen molar-refractivity contribution in [2.24, 2.45) is 5.41 Å². The van der Waals surface area contributed by atoms with Gasteiger partial charge in [-0.1, -0.05) is 12.1 Å². The number of aliphatic carboxylic acids is 1. The number of hydrogen-bond acceptors (Lipinski definition) is 3. The molecule has 1 aliphatic rings. The zero-order valence-corrected chi connectivity index (χ0v) is 13.4. The summed E-state index contributed by atoms with van der Waals surface area (Å²) in [6.45, 7) is 0. The number of carbonyl (C=O) groups is 1. The number of rotatable bonds is 6. The molecule has 120 valence electrons. The Labute approximate surface area is 138 Å². The summed E-state index contributed by atoms with van der Waals surface area (Å²) in [5, 5.41) is 9.01. The van der Waals surface area contributed by atoms with E-state index in [0.29, 0.717) is 5.69 Å². The molecule has 0 bridgehead atoms. The van der Waals surface area contributed by atoms with Crippen LogP contribution in [0.5, 0.6) is 0 Å². The number of anilines is 1. The first-order chi connectivity index (χ1) is 11.0. The zero-order valence-electron chi connectivity index (χ0n) is 12.6. The van der Waals surface area contributed by atoms with Gasteiger partial charge in [0.15, 0.2) is 0 Å². The molecule has 0 atom stereocenters. The third-order valence-corrected chi connectivity index (χ3v) is 5.60. The van der Waals surface area contributed by atoms with Crippen LogP contribution < -0.4 is 5.73 Å². The Morgan fingerprint density at radius 2 is 1.91 bits per heavy atom. The Bertz CT molecular complexity index is 726. The van der Waals surface area contributed by atoms with Crippen LogP contribution in [0.3, 0.4) is 0 Å². The highest BCUT2D eigenvalue weighted by molar-refractivity contribution is 7.99. The molecule has 0 saturated heterocycles. The second-order valence-corrected chi connectivity index (χ2v) is 7.14. The van der Waals surface area contributed by atoms with Gasteiger partial charge in [-0.25, -0.2) is 4.39 Å². The van der Waals surface area contributed by atoms with Crippen molar-refractivity contribution in [2.75, 3.05) is 11.5 Å². The molecule has 5 heteroatoms. The highest BCUT2D eigenvalue weighted by Crippen LogP contribution is 2.52. The van der Waals surface area contributed by atoms with Gasteiger partial charge in [-0.15, -0.1) is 11.8 Å². The predicted octanol–water partition coefficient (Wildman–Crippen LogP) is 4.42. The summed E-state index contributed by atoms with van der Waals surface area (Å²) in [5.41, 5.74) is 8.01. The number of thioether (sulfide) groups is 1. The van der Waals surface area contributed by atoms with Crippen LogP contribution in [0.2, 0.25) is 0 Å². The average Bonchev–Trinajstić information content (AvgIpc) is 3.26. The summed E-state index contributed by atoms with van der Waals surface area (Å²) in [6, 6.07) is 12.1. The maximum absolute atomic E-state index is 13.7. The summed E-state index contributed by atoms with van der Waals surface area (Å²) in [4.78, 5) is 11.9. The van der Waals surface area contributed by atoms with Crippen LogP contribution in [0.15, 0.2) is 47.4 Å². The van der Waals surface area contributed by atoms with Crippen molar-refractivity contribution in [1.82, 2.24) is 0 Å². The Morgan fingerprint density at radius 3 is 2.52 bits per heavy atom. The van der Waals surface area contributed by atoms with Crippen LogP contribution in [-0.4, -0.2) is 16.8 Å².